The quantitative estimate of drug-likeness (QED) is 0.775. The monoisotopic (exact) mass is 292 g/mol. The molecule has 0 amide bonds. The van der Waals surface area contributed by atoms with Gasteiger partial charge >= 0.3 is 0 Å². The Morgan fingerprint density at radius 3 is 2.41 bits per heavy atom. The molecule has 5 heteroatoms. The summed E-state index contributed by atoms with van der Waals surface area (Å²) in [5, 5.41) is 11.1. The third kappa shape index (κ3) is 3.38. The van der Waals surface area contributed by atoms with Gasteiger partial charge in [-0.1, -0.05) is 48.0 Å². The van der Waals surface area contributed by atoms with Crippen LogP contribution in [0.5, 0.6) is 0 Å². The molecule has 0 aliphatic carbocycles. The van der Waals surface area contributed by atoms with Crippen molar-refractivity contribution >= 4 is 11.6 Å². The van der Waals surface area contributed by atoms with Crippen LogP contribution in [-0.4, -0.2) is 15.2 Å². The number of H-pyrrole nitrogens is 1. The van der Waals surface area contributed by atoms with Crippen LogP contribution in [0.1, 0.15) is 16.8 Å². The maximum absolute atomic E-state index is 12.1. The van der Waals surface area contributed by atoms with Gasteiger partial charge in [-0.3, -0.25) is 9.78 Å². The molecule has 1 aromatic heterocycles. The molecule has 0 unspecified atom stereocenters. The van der Waals surface area contributed by atoms with E-state index in [0.717, 1.165) is 11.3 Å². The maximum atomic E-state index is 12.1. The van der Waals surface area contributed by atoms with Crippen LogP contribution in [0, 0.1) is 6.92 Å². The lowest BCUT2D eigenvalue weighted by molar-refractivity contribution is 0.874. The predicted octanol–water partition coefficient (Wildman–Crippen LogP) is 2.81. The zero-order valence-electron chi connectivity index (χ0n) is 12.2. The van der Waals surface area contributed by atoms with Gasteiger partial charge in [0.05, 0.1) is 0 Å². The Bertz CT molecular complexity index is 810. The van der Waals surface area contributed by atoms with Gasteiger partial charge in [0.1, 0.15) is 5.69 Å². The molecule has 0 saturated carbocycles. The number of nitrogens with zero attached hydrogens (tertiary/aromatic N) is 2. The first kappa shape index (κ1) is 14.0. The molecule has 22 heavy (non-hydrogen) atoms. The van der Waals surface area contributed by atoms with Crippen LogP contribution in [-0.2, 0) is 6.42 Å². The molecular formula is C17H16N4O. The third-order valence-electron chi connectivity index (χ3n) is 3.29. The number of aromatic nitrogens is 3. The van der Waals surface area contributed by atoms with Crippen molar-refractivity contribution in [3.8, 4) is 0 Å². The second kappa shape index (κ2) is 6.22. The maximum Gasteiger partial charge on any atom is 0.274 e. The fourth-order valence-corrected chi connectivity index (χ4v) is 2.10. The van der Waals surface area contributed by atoms with E-state index in [1.165, 1.54) is 5.56 Å². The summed E-state index contributed by atoms with van der Waals surface area (Å²) in [7, 11) is 0. The number of aryl methyl sites for hydroxylation is 1. The molecular weight excluding hydrogens is 276 g/mol. The molecule has 110 valence electrons. The van der Waals surface area contributed by atoms with Gasteiger partial charge in [-0.05, 0) is 24.6 Å². The number of rotatable bonds is 4. The van der Waals surface area contributed by atoms with E-state index < -0.39 is 0 Å². The molecule has 5 nitrogen and oxygen atoms in total. The van der Waals surface area contributed by atoms with Gasteiger partial charge in [0.2, 0.25) is 5.95 Å². The third-order valence-corrected chi connectivity index (χ3v) is 3.29. The molecule has 3 rings (SSSR count). The van der Waals surface area contributed by atoms with Crippen molar-refractivity contribution in [1.82, 2.24) is 15.2 Å². The first-order valence-corrected chi connectivity index (χ1v) is 7.04. The number of nitrogens with one attached hydrogen (secondary N) is 2. The summed E-state index contributed by atoms with van der Waals surface area (Å²) in [5.41, 5.74) is 3.23. The minimum absolute atomic E-state index is 0.228. The van der Waals surface area contributed by atoms with Gasteiger partial charge in [0, 0.05) is 12.1 Å². The van der Waals surface area contributed by atoms with Gasteiger partial charge in [-0.15, -0.1) is 10.2 Å². The van der Waals surface area contributed by atoms with E-state index in [2.05, 4.69) is 20.5 Å². The molecule has 0 bridgehead atoms. The van der Waals surface area contributed by atoms with Gasteiger partial charge in [-0.25, -0.2) is 0 Å². The SMILES string of the molecule is Cc1ccc(Nc2nnc(Cc3ccccc3)c(=O)[nH]2)cc1. The van der Waals surface area contributed by atoms with Gasteiger partial charge in [0.25, 0.3) is 5.56 Å². The smallest absolute Gasteiger partial charge is 0.274 e. The zero-order valence-corrected chi connectivity index (χ0v) is 12.2. The standard InChI is InChI=1S/C17H16N4O/c1-12-7-9-14(10-8-12)18-17-19-16(22)15(20-21-17)11-13-5-3-2-4-6-13/h2-10H,11H2,1H3,(H2,18,19,21,22). The Morgan fingerprint density at radius 2 is 1.73 bits per heavy atom. The summed E-state index contributed by atoms with van der Waals surface area (Å²) in [5.74, 6) is 0.339. The highest BCUT2D eigenvalue weighted by Crippen LogP contribution is 2.12. The van der Waals surface area contributed by atoms with Crippen molar-refractivity contribution in [1.29, 1.82) is 0 Å². The van der Waals surface area contributed by atoms with Gasteiger partial charge in [-0.2, -0.15) is 0 Å². The van der Waals surface area contributed by atoms with Crippen LogP contribution >= 0.6 is 0 Å². The molecule has 2 aromatic carbocycles. The molecule has 0 radical (unpaired) electrons. The highest BCUT2D eigenvalue weighted by atomic mass is 16.1. The lowest BCUT2D eigenvalue weighted by Crippen LogP contribution is -2.18. The first-order chi connectivity index (χ1) is 10.7. The van der Waals surface area contributed by atoms with Crippen molar-refractivity contribution in [2.24, 2.45) is 0 Å². The summed E-state index contributed by atoms with van der Waals surface area (Å²) < 4.78 is 0. The molecule has 1 heterocycles. The Labute approximate surface area is 128 Å². The van der Waals surface area contributed by atoms with E-state index in [1.807, 2.05) is 61.5 Å². The number of anilines is 2. The fourth-order valence-electron chi connectivity index (χ4n) is 2.10. The van der Waals surface area contributed by atoms with Crippen LogP contribution in [0.25, 0.3) is 0 Å². The van der Waals surface area contributed by atoms with Gasteiger partial charge < -0.3 is 5.32 Å². The molecule has 0 atom stereocenters. The Kier molecular flexibility index (Phi) is 3.96. The summed E-state index contributed by atoms with van der Waals surface area (Å²) in [6, 6.07) is 17.5. The van der Waals surface area contributed by atoms with Crippen LogP contribution < -0.4 is 10.9 Å². The average molecular weight is 292 g/mol. The number of aromatic amines is 1. The Hall–Kier alpha value is -2.95. The van der Waals surface area contributed by atoms with Crippen molar-refractivity contribution in [3.05, 3.63) is 81.8 Å². The van der Waals surface area contributed by atoms with Crippen LogP contribution in [0.3, 0.4) is 0 Å². The fraction of sp³-hybridized carbons (Fsp3) is 0.118. The lowest BCUT2D eigenvalue weighted by atomic mass is 10.1. The van der Waals surface area contributed by atoms with Crippen molar-refractivity contribution < 1.29 is 0 Å². The Balaban J connectivity index is 1.77. The molecule has 3 aromatic rings. The first-order valence-electron chi connectivity index (χ1n) is 7.04. The molecule has 2 N–H and O–H groups in total. The van der Waals surface area contributed by atoms with Crippen molar-refractivity contribution in [2.75, 3.05) is 5.32 Å². The van der Waals surface area contributed by atoms with Crippen LogP contribution in [0.2, 0.25) is 0 Å². The molecule has 0 aliphatic rings. The highest BCUT2D eigenvalue weighted by molar-refractivity contribution is 5.52. The van der Waals surface area contributed by atoms with Gasteiger partial charge in [0.15, 0.2) is 0 Å². The second-order valence-electron chi connectivity index (χ2n) is 5.10. The minimum atomic E-state index is -0.228. The highest BCUT2D eigenvalue weighted by Gasteiger charge is 2.06. The average Bonchev–Trinajstić information content (AvgIpc) is 2.53. The summed E-state index contributed by atoms with van der Waals surface area (Å²) in [6.07, 6.45) is 0.466. The second-order valence-corrected chi connectivity index (χ2v) is 5.10. The van der Waals surface area contributed by atoms with E-state index in [9.17, 15) is 4.79 Å². The molecule has 0 aliphatic heterocycles. The number of hydrogen-bond acceptors (Lipinski definition) is 4. The number of benzene rings is 2. The van der Waals surface area contributed by atoms with E-state index in [1.54, 1.807) is 0 Å². The predicted molar refractivity (Wildman–Crippen MR) is 86.4 cm³/mol. The van der Waals surface area contributed by atoms with Crippen LogP contribution in [0.15, 0.2) is 59.4 Å². The normalized spacial score (nSPS) is 10.4. The molecule has 0 saturated heterocycles. The van der Waals surface area contributed by atoms with Crippen molar-refractivity contribution in [3.63, 3.8) is 0 Å². The number of hydrogen-bond donors (Lipinski definition) is 2. The zero-order chi connectivity index (χ0) is 15.4. The minimum Gasteiger partial charge on any atom is -0.324 e. The Morgan fingerprint density at radius 1 is 1.00 bits per heavy atom. The summed E-state index contributed by atoms with van der Waals surface area (Å²) in [6.45, 7) is 2.02. The van der Waals surface area contributed by atoms with E-state index in [0.29, 0.717) is 18.1 Å². The largest absolute Gasteiger partial charge is 0.324 e. The topological polar surface area (TPSA) is 70.7 Å². The van der Waals surface area contributed by atoms with E-state index >= 15 is 0 Å². The lowest BCUT2D eigenvalue weighted by Gasteiger charge is -2.05. The summed E-state index contributed by atoms with van der Waals surface area (Å²) in [4.78, 5) is 14.8. The van der Waals surface area contributed by atoms with Crippen molar-refractivity contribution in [2.45, 2.75) is 13.3 Å². The molecule has 0 fully saturated rings. The van der Waals surface area contributed by atoms with E-state index in [4.69, 9.17) is 0 Å². The molecule has 0 spiro atoms. The van der Waals surface area contributed by atoms with Crippen LogP contribution in [0.4, 0.5) is 11.6 Å². The van der Waals surface area contributed by atoms with E-state index in [-0.39, 0.29) is 5.56 Å². The summed E-state index contributed by atoms with van der Waals surface area (Å²) >= 11 is 0.